The molecule has 0 saturated heterocycles. The van der Waals surface area contributed by atoms with Gasteiger partial charge in [0, 0.05) is 19.0 Å². The molecule has 0 aliphatic rings. The van der Waals surface area contributed by atoms with E-state index in [1.165, 1.54) is 0 Å². The van der Waals surface area contributed by atoms with Crippen molar-refractivity contribution in [2.45, 2.75) is 24.2 Å². The van der Waals surface area contributed by atoms with Crippen LogP contribution in [0.5, 0.6) is 0 Å². The number of nitrogens with two attached hydrogens (primary N) is 2. The fraction of sp³-hybridized carbons (Fsp3) is 0.364. The fourth-order valence-electron chi connectivity index (χ4n) is 1.58. The van der Waals surface area contributed by atoms with Crippen molar-refractivity contribution in [1.82, 2.24) is 4.72 Å². The van der Waals surface area contributed by atoms with Gasteiger partial charge in [-0.15, -0.1) is 0 Å². The largest absolute Gasteiger partial charge is 0.393 e. The number of rotatable bonds is 8. The van der Waals surface area contributed by atoms with Crippen molar-refractivity contribution < 1.29 is 18.1 Å². The smallest absolute Gasteiger partial charge is 0.292 e. The molecule has 0 aliphatic heterocycles. The van der Waals surface area contributed by atoms with Crippen LogP contribution in [0, 0.1) is 10.1 Å². The third-order valence-electron chi connectivity index (χ3n) is 2.65. The zero-order chi connectivity index (χ0) is 16.0. The second kappa shape index (κ2) is 6.99. The molecule has 9 nitrogen and oxygen atoms in total. The van der Waals surface area contributed by atoms with Crippen molar-refractivity contribution in [1.29, 1.82) is 0 Å². The summed E-state index contributed by atoms with van der Waals surface area (Å²) >= 11 is 0. The van der Waals surface area contributed by atoms with Gasteiger partial charge in [0.15, 0.2) is 0 Å². The second-order valence-corrected chi connectivity index (χ2v) is 6.07. The molecule has 0 bridgehead atoms. The molecule has 116 valence electrons. The number of nitrogens with zero attached hydrogens (tertiary/aromatic N) is 1. The van der Waals surface area contributed by atoms with Crippen molar-refractivity contribution in [3.8, 4) is 0 Å². The van der Waals surface area contributed by atoms with Gasteiger partial charge in [0.1, 0.15) is 5.69 Å². The molecule has 5 N–H and O–H groups in total. The van der Waals surface area contributed by atoms with Crippen LogP contribution in [0.25, 0.3) is 0 Å². The van der Waals surface area contributed by atoms with Crippen LogP contribution in [0.3, 0.4) is 0 Å². The van der Waals surface area contributed by atoms with Crippen molar-refractivity contribution in [2.24, 2.45) is 5.73 Å². The van der Waals surface area contributed by atoms with Crippen LogP contribution >= 0.6 is 0 Å². The normalized spacial score (nSPS) is 11.2. The van der Waals surface area contributed by atoms with Crippen LogP contribution in [0.1, 0.15) is 19.3 Å². The molecule has 21 heavy (non-hydrogen) atoms. The van der Waals surface area contributed by atoms with E-state index in [0.717, 1.165) is 18.2 Å². The molecule has 1 aromatic rings. The predicted octanol–water partition coefficient (Wildman–Crippen LogP) is 0.111. The average molecular weight is 316 g/mol. The van der Waals surface area contributed by atoms with Gasteiger partial charge in [-0.1, -0.05) is 0 Å². The van der Waals surface area contributed by atoms with E-state index in [9.17, 15) is 23.3 Å². The summed E-state index contributed by atoms with van der Waals surface area (Å²) in [6.45, 7) is 0.131. The number of primary amides is 1. The van der Waals surface area contributed by atoms with E-state index >= 15 is 0 Å². The molecule has 1 amide bonds. The highest BCUT2D eigenvalue weighted by Crippen LogP contribution is 2.24. The summed E-state index contributed by atoms with van der Waals surface area (Å²) in [5.41, 5.74) is 9.83. The highest BCUT2D eigenvalue weighted by molar-refractivity contribution is 7.89. The third kappa shape index (κ3) is 5.00. The van der Waals surface area contributed by atoms with E-state index in [1.807, 2.05) is 0 Å². The van der Waals surface area contributed by atoms with Crippen molar-refractivity contribution in [3.63, 3.8) is 0 Å². The SMILES string of the molecule is NC(=O)CCCCNS(=O)(=O)c1ccc([N+](=O)[O-])c(N)c1. The summed E-state index contributed by atoms with van der Waals surface area (Å²) in [4.78, 5) is 20.3. The molecule has 1 aromatic carbocycles. The summed E-state index contributed by atoms with van der Waals surface area (Å²) in [6.07, 6.45) is 1.11. The van der Waals surface area contributed by atoms with Gasteiger partial charge in [0.05, 0.1) is 9.82 Å². The second-order valence-electron chi connectivity index (χ2n) is 4.30. The molecular formula is C11H16N4O5S. The molecule has 0 atom stereocenters. The number of sulfonamides is 1. The zero-order valence-corrected chi connectivity index (χ0v) is 11.9. The summed E-state index contributed by atoms with van der Waals surface area (Å²) in [5.74, 6) is -0.444. The van der Waals surface area contributed by atoms with Gasteiger partial charge >= 0.3 is 0 Å². The highest BCUT2D eigenvalue weighted by atomic mass is 32.2. The lowest BCUT2D eigenvalue weighted by molar-refractivity contribution is -0.383. The minimum Gasteiger partial charge on any atom is -0.393 e. The molecule has 0 aliphatic carbocycles. The van der Waals surface area contributed by atoms with E-state index in [4.69, 9.17) is 11.5 Å². The van der Waals surface area contributed by atoms with Crippen LogP contribution in [-0.4, -0.2) is 25.8 Å². The van der Waals surface area contributed by atoms with Gasteiger partial charge in [-0.3, -0.25) is 14.9 Å². The first-order chi connectivity index (χ1) is 9.74. The maximum absolute atomic E-state index is 11.9. The number of carbonyl (C=O) groups excluding carboxylic acids is 1. The topological polar surface area (TPSA) is 158 Å². The maximum Gasteiger partial charge on any atom is 0.292 e. The summed E-state index contributed by atoms with van der Waals surface area (Å²) in [5, 5.41) is 10.6. The highest BCUT2D eigenvalue weighted by Gasteiger charge is 2.18. The zero-order valence-electron chi connectivity index (χ0n) is 11.1. The molecule has 0 radical (unpaired) electrons. The minimum absolute atomic E-state index is 0.131. The Balaban J connectivity index is 2.68. The van der Waals surface area contributed by atoms with Crippen LogP contribution in [0.15, 0.2) is 23.1 Å². The van der Waals surface area contributed by atoms with Gasteiger partial charge in [-0.2, -0.15) is 0 Å². The number of nitrogen functional groups attached to an aromatic ring is 1. The Bertz CT molecular complexity index is 644. The van der Waals surface area contributed by atoms with Gasteiger partial charge in [-0.25, -0.2) is 13.1 Å². The van der Waals surface area contributed by atoms with E-state index < -0.39 is 20.9 Å². The summed E-state index contributed by atoms with van der Waals surface area (Å²) in [6, 6.07) is 3.18. The number of benzene rings is 1. The van der Waals surface area contributed by atoms with E-state index in [-0.39, 0.29) is 29.2 Å². The van der Waals surface area contributed by atoms with Crippen LogP contribution in [0.4, 0.5) is 11.4 Å². The first-order valence-corrected chi connectivity index (χ1v) is 7.54. The number of unbranched alkanes of at least 4 members (excludes halogenated alkanes) is 1. The third-order valence-corrected chi connectivity index (χ3v) is 4.11. The summed E-state index contributed by atoms with van der Waals surface area (Å²) in [7, 11) is -3.79. The van der Waals surface area contributed by atoms with Gasteiger partial charge < -0.3 is 11.5 Å². The number of carbonyl (C=O) groups is 1. The molecule has 0 saturated carbocycles. The fourth-order valence-corrected chi connectivity index (χ4v) is 2.69. The number of nitro groups is 1. The number of amides is 1. The van der Waals surface area contributed by atoms with Crippen molar-refractivity contribution >= 4 is 27.3 Å². The van der Waals surface area contributed by atoms with Crippen LogP contribution in [-0.2, 0) is 14.8 Å². The maximum atomic E-state index is 11.9. The molecule has 0 aromatic heterocycles. The lowest BCUT2D eigenvalue weighted by Crippen LogP contribution is -2.25. The number of nitrogens with one attached hydrogen (secondary N) is 1. The molecule has 0 fully saturated rings. The Morgan fingerprint density at radius 3 is 2.52 bits per heavy atom. The first kappa shape index (κ1) is 16.9. The van der Waals surface area contributed by atoms with Crippen LogP contribution < -0.4 is 16.2 Å². The number of anilines is 1. The Morgan fingerprint density at radius 2 is 2.00 bits per heavy atom. The Labute approximate surface area is 121 Å². The molecule has 1 rings (SSSR count). The van der Waals surface area contributed by atoms with E-state index in [0.29, 0.717) is 12.8 Å². The lowest BCUT2D eigenvalue weighted by atomic mass is 10.2. The molecule has 0 heterocycles. The number of hydrogen-bond donors (Lipinski definition) is 3. The Kier molecular flexibility index (Phi) is 5.61. The Morgan fingerprint density at radius 1 is 1.33 bits per heavy atom. The predicted molar refractivity (Wildman–Crippen MR) is 75.7 cm³/mol. The van der Waals surface area contributed by atoms with E-state index in [2.05, 4.69) is 4.72 Å². The van der Waals surface area contributed by atoms with E-state index in [1.54, 1.807) is 0 Å². The Hall–Kier alpha value is -2.20. The van der Waals surface area contributed by atoms with Gasteiger partial charge in [0.25, 0.3) is 5.69 Å². The quantitative estimate of drug-likeness (QED) is 0.267. The number of nitro benzene ring substituents is 1. The molecular weight excluding hydrogens is 300 g/mol. The monoisotopic (exact) mass is 316 g/mol. The minimum atomic E-state index is -3.79. The average Bonchev–Trinajstić information content (AvgIpc) is 2.37. The molecule has 10 heteroatoms. The summed E-state index contributed by atoms with van der Waals surface area (Å²) < 4.78 is 26.2. The lowest BCUT2D eigenvalue weighted by Gasteiger charge is -2.07. The standard InChI is InChI=1S/C11H16N4O5S/c12-9-7-8(4-5-10(9)15(17)18)21(19,20)14-6-2-1-3-11(13)16/h4-5,7,14H,1-3,6,12H2,(H2,13,16). The molecule has 0 spiro atoms. The molecule has 0 unspecified atom stereocenters. The van der Waals surface area contributed by atoms with Gasteiger partial charge in [-0.05, 0) is 25.0 Å². The van der Waals surface area contributed by atoms with Crippen molar-refractivity contribution in [2.75, 3.05) is 12.3 Å². The van der Waals surface area contributed by atoms with Gasteiger partial charge in [0.2, 0.25) is 15.9 Å². The van der Waals surface area contributed by atoms with Crippen molar-refractivity contribution in [3.05, 3.63) is 28.3 Å². The first-order valence-electron chi connectivity index (χ1n) is 6.06. The number of hydrogen-bond acceptors (Lipinski definition) is 6. The van der Waals surface area contributed by atoms with Crippen LogP contribution in [0.2, 0.25) is 0 Å².